The van der Waals surface area contributed by atoms with Gasteiger partial charge in [0.15, 0.2) is 0 Å². The minimum atomic E-state index is -0.0422. The molecule has 0 aromatic heterocycles. The highest BCUT2D eigenvalue weighted by molar-refractivity contribution is 5.27. The summed E-state index contributed by atoms with van der Waals surface area (Å²) in [5.41, 5.74) is 2.86. The summed E-state index contributed by atoms with van der Waals surface area (Å²) in [6.07, 6.45) is 15.8. The average Bonchev–Trinajstić information content (AvgIpc) is 3.09. The van der Waals surface area contributed by atoms with E-state index in [0.717, 1.165) is 60.2 Å². The molecule has 1 N–H and O–H groups in total. The molecule has 1 heteroatoms. The lowest BCUT2D eigenvalue weighted by molar-refractivity contribution is -0.0428. The van der Waals surface area contributed by atoms with Crippen LogP contribution < -0.4 is 0 Å². The van der Waals surface area contributed by atoms with Crippen molar-refractivity contribution < 1.29 is 5.11 Å². The Balaban J connectivity index is 1.45. The largest absolute Gasteiger partial charge is 0.393 e. The second-order valence-electron chi connectivity index (χ2n) is 13.5. The minimum Gasteiger partial charge on any atom is -0.393 e. The van der Waals surface area contributed by atoms with E-state index in [1.165, 1.54) is 51.4 Å². The second-order valence-corrected chi connectivity index (χ2v) is 13.5. The Morgan fingerprint density at radius 3 is 2.29 bits per heavy atom. The third kappa shape index (κ3) is 4.08. The summed E-state index contributed by atoms with van der Waals surface area (Å²) < 4.78 is 0. The zero-order chi connectivity index (χ0) is 22.6. The van der Waals surface area contributed by atoms with E-state index in [1.807, 2.05) is 5.57 Å². The first-order chi connectivity index (χ1) is 14.6. The maximum atomic E-state index is 10.3. The van der Waals surface area contributed by atoms with Gasteiger partial charge in [-0.05, 0) is 110 Å². The van der Waals surface area contributed by atoms with Crippen LogP contribution in [0.2, 0.25) is 0 Å². The van der Waals surface area contributed by atoms with Gasteiger partial charge >= 0.3 is 0 Å². The van der Waals surface area contributed by atoms with Crippen molar-refractivity contribution >= 4 is 0 Å². The van der Waals surface area contributed by atoms with Gasteiger partial charge < -0.3 is 5.11 Å². The van der Waals surface area contributed by atoms with Crippen LogP contribution in [0.3, 0.4) is 0 Å². The fourth-order valence-electron chi connectivity index (χ4n) is 9.11. The Labute approximate surface area is 193 Å². The molecular weight excluding hydrogens is 376 g/mol. The highest BCUT2D eigenvalue weighted by Gasteiger charge is 2.58. The molecule has 4 aliphatic rings. The molecule has 4 aliphatic carbocycles. The number of aliphatic hydroxyl groups excluding tert-OH is 1. The molecule has 1 nitrogen and oxygen atoms in total. The molecule has 0 saturated heterocycles. The molecule has 0 amide bonds. The van der Waals surface area contributed by atoms with Crippen molar-refractivity contribution in [2.75, 3.05) is 0 Å². The Kier molecular flexibility index (Phi) is 6.78. The number of fused-ring (bicyclic) bond motifs is 5. The number of rotatable bonds is 6. The van der Waals surface area contributed by atoms with Gasteiger partial charge in [0.2, 0.25) is 0 Å². The summed E-state index contributed by atoms with van der Waals surface area (Å²) in [5, 5.41) is 10.3. The first-order valence-electron chi connectivity index (χ1n) is 14.0. The molecule has 0 aromatic carbocycles. The smallest absolute Gasteiger partial charge is 0.0543 e. The summed E-state index contributed by atoms with van der Waals surface area (Å²) in [6.45, 7) is 17.6. The SMILES string of the molecule is CC(C)C(C)C(C)CCC(C)C1CCC2C3=CCC4CC(O)CCC4(C)C3CCC21C. The van der Waals surface area contributed by atoms with Crippen LogP contribution in [0, 0.1) is 58.2 Å². The summed E-state index contributed by atoms with van der Waals surface area (Å²) >= 11 is 0. The van der Waals surface area contributed by atoms with Crippen LogP contribution in [0.4, 0.5) is 0 Å². The summed E-state index contributed by atoms with van der Waals surface area (Å²) in [4.78, 5) is 0. The first kappa shape index (κ1) is 23.8. The molecular formula is C30H52O. The van der Waals surface area contributed by atoms with E-state index in [4.69, 9.17) is 0 Å². The molecule has 0 radical (unpaired) electrons. The molecule has 4 rings (SSSR count). The van der Waals surface area contributed by atoms with Crippen molar-refractivity contribution in [2.45, 2.75) is 119 Å². The van der Waals surface area contributed by atoms with Crippen LogP contribution in [0.5, 0.6) is 0 Å². The van der Waals surface area contributed by atoms with Gasteiger partial charge in [0.1, 0.15) is 0 Å². The summed E-state index contributed by atoms with van der Waals surface area (Å²) in [6, 6.07) is 0. The van der Waals surface area contributed by atoms with Crippen molar-refractivity contribution in [3.8, 4) is 0 Å². The van der Waals surface area contributed by atoms with Crippen LogP contribution in [0.1, 0.15) is 113 Å². The summed E-state index contributed by atoms with van der Waals surface area (Å²) in [5.74, 6) is 6.64. The van der Waals surface area contributed by atoms with Crippen LogP contribution in [0.25, 0.3) is 0 Å². The Morgan fingerprint density at radius 1 is 0.903 bits per heavy atom. The highest BCUT2D eigenvalue weighted by Crippen LogP contribution is 2.67. The quantitative estimate of drug-likeness (QED) is 0.422. The maximum Gasteiger partial charge on any atom is 0.0543 e. The molecule has 3 fully saturated rings. The lowest BCUT2D eigenvalue weighted by atomic mass is 9.47. The molecule has 0 heterocycles. The lowest BCUT2D eigenvalue weighted by Gasteiger charge is -2.57. The normalized spacial score (nSPS) is 45.3. The van der Waals surface area contributed by atoms with Crippen molar-refractivity contribution in [2.24, 2.45) is 58.2 Å². The lowest BCUT2D eigenvalue weighted by Crippen LogP contribution is -2.49. The van der Waals surface area contributed by atoms with Gasteiger partial charge in [-0.15, -0.1) is 0 Å². The van der Waals surface area contributed by atoms with Gasteiger partial charge in [-0.1, -0.05) is 73.0 Å². The standard InChI is InChI=1S/C30H52O/c1-19(2)22(5)20(3)8-9-21(4)26-12-13-27-25-11-10-23-18-24(31)14-16-29(23,6)28(25)15-17-30(26,27)7/h11,19-24,26-28,31H,8-10,12-18H2,1-7H3. The van der Waals surface area contributed by atoms with Crippen LogP contribution >= 0.6 is 0 Å². The van der Waals surface area contributed by atoms with E-state index in [-0.39, 0.29) is 6.10 Å². The maximum absolute atomic E-state index is 10.3. The van der Waals surface area contributed by atoms with Gasteiger partial charge in [-0.25, -0.2) is 0 Å². The molecule has 3 saturated carbocycles. The van der Waals surface area contributed by atoms with Crippen LogP contribution in [-0.2, 0) is 0 Å². The average molecular weight is 429 g/mol. The van der Waals surface area contributed by atoms with E-state index in [9.17, 15) is 5.11 Å². The molecule has 0 aliphatic heterocycles. The van der Waals surface area contributed by atoms with Crippen LogP contribution in [-0.4, -0.2) is 11.2 Å². The van der Waals surface area contributed by atoms with Gasteiger partial charge in [0.05, 0.1) is 6.10 Å². The van der Waals surface area contributed by atoms with Gasteiger partial charge in [-0.2, -0.15) is 0 Å². The zero-order valence-corrected chi connectivity index (χ0v) is 21.8. The fraction of sp³-hybridized carbons (Fsp3) is 0.933. The van der Waals surface area contributed by atoms with Crippen molar-refractivity contribution in [1.29, 1.82) is 0 Å². The number of hydrogen-bond acceptors (Lipinski definition) is 1. The van der Waals surface area contributed by atoms with Crippen LogP contribution in [0.15, 0.2) is 11.6 Å². The topological polar surface area (TPSA) is 20.2 Å². The molecule has 0 spiro atoms. The predicted molar refractivity (Wildman–Crippen MR) is 133 cm³/mol. The van der Waals surface area contributed by atoms with Gasteiger partial charge in [-0.3, -0.25) is 0 Å². The third-order valence-corrected chi connectivity index (χ3v) is 11.8. The molecule has 0 aromatic rings. The van der Waals surface area contributed by atoms with Crippen molar-refractivity contribution in [1.82, 2.24) is 0 Å². The molecule has 31 heavy (non-hydrogen) atoms. The van der Waals surface area contributed by atoms with Gasteiger partial charge in [0, 0.05) is 0 Å². The molecule has 10 unspecified atom stereocenters. The molecule has 10 atom stereocenters. The number of aliphatic hydroxyl groups is 1. The number of allylic oxidation sites excluding steroid dienone is 2. The predicted octanol–water partition coefficient (Wildman–Crippen LogP) is 8.27. The Morgan fingerprint density at radius 2 is 1.58 bits per heavy atom. The zero-order valence-electron chi connectivity index (χ0n) is 21.8. The van der Waals surface area contributed by atoms with E-state index in [1.54, 1.807) is 0 Å². The minimum absolute atomic E-state index is 0.0422. The third-order valence-electron chi connectivity index (χ3n) is 11.8. The molecule has 178 valence electrons. The fourth-order valence-corrected chi connectivity index (χ4v) is 9.11. The Bertz CT molecular complexity index is 663. The van der Waals surface area contributed by atoms with Crippen molar-refractivity contribution in [3.63, 3.8) is 0 Å². The Hall–Kier alpha value is -0.300. The van der Waals surface area contributed by atoms with Gasteiger partial charge in [0.25, 0.3) is 0 Å². The molecule has 0 bridgehead atoms. The van der Waals surface area contributed by atoms with E-state index >= 15 is 0 Å². The highest BCUT2D eigenvalue weighted by atomic mass is 16.3. The first-order valence-corrected chi connectivity index (χ1v) is 14.0. The van der Waals surface area contributed by atoms with E-state index in [2.05, 4.69) is 54.5 Å². The van der Waals surface area contributed by atoms with E-state index in [0.29, 0.717) is 10.8 Å². The summed E-state index contributed by atoms with van der Waals surface area (Å²) in [7, 11) is 0. The monoisotopic (exact) mass is 428 g/mol. The second kappa shape index (κ2) is 8.81. The van der Waals surface area contributed by atoms with Crippen molar-refractivity contribution in [3.05, 3.63) is 11.6 Å². The van der Waals surface area contributed by atoms with E-state index < -0.39 is 0 Å². The number of hydrogen-bond donors (Lipinski definition) is 1.